The van der Waals surface area contributed by atoms with Crippen LogP contribution in [-0.2, 0) is 11.3 Å². The van der Waals surface area contributed by atoms with Gasteiger partial charge < -0.3 is 20.3 Å². The van der Waals surface area contributed by atoms with Crippen LogP contribution in [0.25, 0.3) is 0 Å². The molecule has 0 unspecified atom stereocenters. The average molecular weight is 573 g/mol. The predicted molar refractivity (Wildman–Crippen MR) is 145 cm³/mol. The van der Waals surface area contributed by atoms with Crippen molar-refractivity contribution in [3.8, 4) is 5.75 Å². The van der Waals surface area contributed by atoms with E-state index < -0.39 is 0 Å². The third-order valence-electron chi connectivity index (χ3n) is 5.82. The standard InChI is InChI=1S/C24H36N4O2S.HI/c1-3-15-30-22-8-6-5-7-20(22)18-26-24(25-4-2)27-21-11-9-19(10-12-21)23(29)28-13-16-31-17-14-28;/h3,5-8,19,21H,1,4,9-18H2,2H3,(H2,25,26,27);1H. The van der Waals surface area contributed by atoms with Crippen LogP contribution in [0.2, 0.25) is 0 Å². The highest BCUT2D eigenvalue weighted by Gasteiger charge is 2.30. The summed E-state index contributed by atoms with van der Waals surface area (Å²) >= 11 is 1.95. The van der Waals surface area contributed by atoms with Gasteiger partial charge in [0.15, 0.2) is 5.96 Å². The van der Waals surface area contributed by atoms with Gasteiger partial charge >= 0.3 is 0 Å². The molecule has 0 aromatic heterocycles. The molecule has 8 heteroatoms. The lowest BCUT2D eigenvalue weighted by atomic mass is 9.85. The second kappa shape index (κ2) is 14.7. The number of benzene rings is 1. The molecule has 1 saturated heterocycles. The van der Waals surface area contributed by atoms with E-state index in [2.05, 4.69) is 29.0 Å². The zero-order valence-corrected chi connectivity index (χ0v) is 22.2. The molecule has 2 aliphatic rings. The van der Waals surface area contributed by atoms with E-state index in [1.807, 2.05) is 36.0 Å². The maximum atomic E-state index is 12.8. The minimum Gasteiger partial charge on any atom is -0.489 e. The molecule has 3 rings (SSSR count). The molecule has 1 aromatic rings. The van der Waals surface area contributed by atoms with E-state index in [1.165, 1.54) is 0 Å². The summed E-state index contributed by atoms with van der Waals surface area (Å²) in [6.45, 7) is 9.45. The van der Waals surface area contributed by atoms with Gasteiger partial charge in [-0.15, -0.1) is 24.0 Å². The van der Waals surface area contributed by atoms with Gasteiger partial charge in [-0.1, -0.05) is 30.9 Å². The van der Waals surface area contributed by atoms with E-state index in [-0.39, 0.29) is 29.9 Å². The van der Waals surface area contributed by atoms with Gasteiger partial charge in [-0.05, 0) is 38.7 Å². The number of nitrogens with zero attached hydrogens (tertiary/aromatic N) is 2. The van der Waals surface area contributed by atoms with Crippen LogP contribution in [0.1, 0.15) is 38.2 Å². The Hall–Kier alpha value is -1.42. The first kappa shape index (κ1) is 26.8. The summed E-state index contributed by atoms with van der Waals surface area (Å²) in [5, 5.41) is 6.94. The minimum atomic E-state index is 0. The van der Waals surface area contributed by atoms with Gasteiger partial charge in [0.05, 0.1) is 6.54 Å². The Morgan fingerprint density at radius 3 is 2.66 bits per heavy atom. The maximum absolute atomic E-state index is 12.8. The minimum absolute atomic E-state index is 0. The van der Waals surface area contributed by atoms with E-state index in [4.69, 9.17) is 9.73 Å². The first-order valence-electron chi connectivity index (χ1n) is 11.4. The van der Waals surface area contributed by atoms with Crippen LogP contribution in [0, 0.1) is 5.92 Å². The molecule has 2 fully saturated rings. The highest BCUT2D eigenvalue weighted by molar-refractivity contribution is 14.0. The van der Waals surface area contributed by atoms with Crippen molar-refractivity contribution >= 4 is 47.6 Å². The van der Waals surface area contributed by atoms with E-state index in [1.54, 1.807) is 6.08 Å². The largest absolute Gasteiger partial charge is 0.489 e. The van der Waals surface area contributed by atoms with Gasteiger partial charge in [0.2, 0.25) is 5.91 Å². The molecular weight excluding hydrogens is 535 g/mol. The summed E-state index contributed by atoms with van der Waals surface area (Å²) in [6, 6.07) is 8.34. The number of thioether (sulfide) groups is 1. The van der Waals surface area contributed by atoms with Gasteiger partial charge in [0.1, 0.15) is 12.4 Å². The number of carbonyl (C=O) groups is 1. The zero-order chi connectivity index (χ0) is 21.9. The van der Waals surface area contributed by atoms with Crippen LogP contribution in [0.5, 0.6) is 5.75 Å². The lowest BCUT2D eigenvalue weighted by Crippen LogP contribution is -2.47. The summed E-state index contributed by atoms with van der Waals surface area (Å²) < 4.78 is 5.75. The van der Waals surface area contributed by atoms with Crippen LogP contribution in [0.3, 0.4) is 0 Å². The third kappa shape index (κ3) is 8.17. The SMILES string of the molecule is C=CCOc1ccccc1CN=C(NCC)NC1CCC(C(=O)N2CCSCC2)CC1.I. The number of halogens is 1. The smallest absolute Gasteiger partial charge is 0.225 e. The lowest BCUT2D eigenvalue weighted by molar-refractivity contribution is -0.136. The van der Waals surface area contributed by atoms with Crippen molar-refractivity contribution in [2.45, 2.75) is 45.2 Å². The van der Waals surface area contributed by atoms with Crippen molar-refractivity contribution in [1.82, 2.24) is 15.5 Å². The molecule has 1 aromatic carbocycles. The average Bonchev–Trinajstić information content (AvgIpc) is 2.82. The Bertz CT molecular complexity index is 747. The second-order valence-corrected chi connectivity index (χ2v) is 9.26. The van der Waals surface area contributed by atoms with E-state index in [0.717, 1.165) is 74.1 Å². The molecule has 1 heterocycles. The van der Waals surface area contributed by atoms with Gasteiger partial charge in [0, 0.05) is 48.7 Å². The van der Waals surface area contributed by atoms with Crippen LogP contribution in [0.15, 0.2) is 41.9 Å². The van der Waals surface area contributed by atoms with E-state index in [0.29, 0.717) is 25.1 Å². The van der Waals surface area contributed by atoms with Crippen LogP contribution in [0.4, 0.5) is 0 Å². The van der Waals surface area contributed by atoms with Crippen LogP contribution in [-0.4, -0.2) is 60.6 Å². The molecule has 6 nitrogen and oxygen atoms in total. The highest BCUT2D eigenvalue weighted by atomic mass is 127. The van der Waals surface area contributed by atoms with Gasteiger partial charge in [-0.2, -0.15) is 11.8 Å². The third-order valence-corrected chi connectivity index (χ3v) is 6.76. The fourth-order valence-electron chi connectivity index (χ4n) is 4.13. The van der Waals surface area contributed by atoms with E-state index >= 15 is 0 Å². The molecule has 1 aliphatic heterocycles. The first-order chi connectivity index (χ1) is 15.2. The Morgan fingerprint density at radius 2 is 1.97 bits per heavy atom. The summed E-state index contributed by atoms with van der Waals surface area (Å²) in [5.41, 5.74) is 1.05. The normalized spacial score (nSPS) is 21.3. The van der Waals surface area contributed by atoms with Crippen LogP contribution >= 0.6 is 35.7 Å². The van der Waals surface area contributed by atoms with Crippen molar-refractivity contribution in [2.75, 3.05) is 37.7 Å². The number of hydrogen-bond donors (Lipinski definition) is 2. The van der Waals surface area contributed by atoms with Crippen molar-refractivity contribution in [3.05, 3.63) is 42.5 Å². The number of ether oxygens (including phenoxy) is 1. The quantitative estimate of drug-likeness (QED) is 0.213. The topological polar surface area (TPSA) is 66.0 Å². The van der Waals surface area contributed by atoms with Crippen molar-refractivity contribution in [2.24, 2.45) is 10.9 Å². The molecular formula is C24H37IN4O2S. The van der Waals surface area contributed by atoms with Crippen molar-refractivity contribution in [3.63, 3.8) is 0 Å². The maximum Gasteiger partial charge on any atom is 0.225 e. The first-order valence-corrected chi connectivity index (χ1v) is 12.6. The summed E-state index contributed by atoms with van der Waals surface area (Å²) in [4.78, 5) is 19.7. The highest BCUT2D eigenvalue weighted by Crippen LogP contribution is 2.27. The van der Waals surface area contributed by atoms with Crippen molar-refractivity contribution in [1.29, 1.82) is 0 Å². The van der Waals surface area contributed by atoms with Gasteiger partial charge in [0.25, 0.3) is 0 Å². The van der Waals surface area contributed by atoms with Crippen molar-refractivity contribution < 1.29 is 9.53 Å². The monoisotopic (exact) mass is 572 g/mol. The molecule has 1 aliphatic carbocycles. The Kier molecular flexibility index (Phi) is 12.3. The molecule has 0 radical (unpaired) electrons. The molecule has 32 heavy (non-hydrogen) atoms. The Balaban J connectivity index is 0.00000363. The lowest BCUT2D eigenvalue weighted by Gasteiger charge is -2.34. The molecule has 1 amide bonds. The summed E-state index contributed by atoms with van der Waals surface area (Å²) in [7, 11) is 0. The number of amides is 1. The Morgan fingerprint density at radius 1 is 1.25 bits per heavy atom. The number of aliphatic imine (C=N–C) groups is 1. The van der Waals surface area contributed by atoms with E-state index in [9.17, 15) is 4.79 Å². The van der Waals surface area contributed by atoms with Gasteiger partial charge in [-0.3, -0.25) is 4.79 Å². The molecule has 0 bridgehead atoms. The zero-order valence-electron chi connectivity index (χ0n) is 19.1. The molecule has 0 atom stereocenters. The summed E-state index contributed by atoms with van der Waals surface area (Å²) in [6.07, 6.45) is 5.66. The molecule has 1 saturated carbocycles. The predicted octanol–water partition coefficient (Wildman–Crippen LogP) is 4.06. The number of guanidine groups is 1. The fourth-order valence-corrected chi connectivity index (χ4v) is 5.03. The molecule has 178 valence electrons. The number of para-hydroxylation sites is 1. The number of nitrogens with one attached hydrogen (secondary N) is 2. The van der Waals surface area contributed by atoms with Gasteiger partial charge in [-0.25, -0.2) is 4.99 Å². The van der Waals surface area contributed by atoms with Crippen LogP contribution < -0.4 is 15.4 Å². The molecule has 2 N–H and O–H groups in total. The number of hydrogen-bond acceptors (Lipinski definition) is 4. The molecule has 0 spiro atoms. The second-order valence-electron chi connectivity index (χ2n) is 8.03. The fraction of sp³-hybridized carbons (Fsp3) is 0.583. The summed E-state index contributed by atoms with van der Waals surface area (Å²) in [5.74, 6) is 4.38. The number of rotatable bonds is 8. The Labute approximate surface area is 214 Å². The number of carbonyl (C=O) groups excluding carboxylic acids is 1.